The van der Waals surface area contributed by atoms with Crippen molar-refractivity contribution in [2.45, 2.75) is 56.7 Å². The Balaban J connectivity index is 1.64. The lowest BCUT2D eigenvalue weighted by Gasteiger charge is -2.23. The Labute approximate surface area is 97.7 Å². The average Bonchev–Trinajstić information content (AvgIpc) is 2.85. The first kappa shape index (κ1) is 11.7. The Morgan fingerprint density at radius 2 is 2.07 bits per heavy atom. The van der Waals surface area contributed by atoms with Crippen molar-refractivity contribution in [3.8, 4) is 0 Å². The largest absolute Gasteiger partial charge is 0.370 e. The maximum Gasteiger partial charge on any atom is 0.0708 e. The summed E-state index contributed by atoms with van der Waals surface area (Å²) in [5.74, 6) is 0.752. The van der Waals surface area contributed by atoms with Crippen molar-refractivity contribution in [3.63, 3.8) is 0 Å². The van der Waals surface area contributed by atoms with E-state index in [9.17, 15) is 0 Å². The van der Waals surface area contributed by atoms with Crippen LogP contribution >= 0.6 is 11.6 Å². The highest BCUT2D eigenvalue weighted by atomic mass is 35.5. The molecule has 0 aromatic rings. The third kappa shape index (κ3) is 3.08. The first-order chi connectivity index (χ1) is 7.35. The number of ether oxygens (including phenoxy) is 1. The summed E-state index contributed by atoms with van der Waals surface area (Å²) in [5.41, 5.74) is 0.291. The molecule has 0 bridgehead atoms. The number of alkyl halides is 1. The maximum atomic E-state index is 6.19. The van der Waals surface area contributed by atoms with E-state index in [0.717, 1.165) is 25.4 Å². The Bertz CT molecular complexity index is 192. The number of hydrogen-bond donors (Lipinski definition) is 1. The van der Waals surface area contributed by atoms with Gasteiger partial charge in [0.1, 0.15) is 0 Å². The second kappa shape index (κ2) is 5.51. The number of halogens is 1. The third-order valence-electron chi connectivity index (χ3n) is 3.71. The molecule has 1 aliphatic heterocycles. The van der Waals surface area contributed by atoms with Crippen LogP contribution in [0.1, 0.15) is 44.9 Å². The van der Waals surface area contributed by atoms with Gasteiger partial charge in [-0.05, 0) is 38.6 Å². The topological polar surface area (TPSA) is 21.3 Å². The lowest BCUT2D eigenvalue weighted by molar-refractivity contribution is -0.0350. The molecule has 2 fully saturated rings. The van der Waals surface area contributed by atoms with Gasteiger partial charge < -0.3 is 10.1 Å². The van der Waals surface area contributed by atoms with Crippen molar-refractivity contribution in [1.29, 1.82) is 0 Å². The van der Waals surface area contributed by atoms with Gasteiger partial charge in [0.05, 0.1) is 11.7 Å². The molecule has 1 atom stereocenters. The lowest BCUT2D eigenvalue weighted by Crippen LogP contribution is -2.31. The highest BCUT2D eigenvalue weighted by Gasteiger charge is 2.41. The zero-order chi connectivity index (χ0) is 10.6. The van der Waals surface area contributed by atoms with Gasteiger partial charge in [-0.3, -0.25) is 0 Å². The quantitative estimate of drug-likeness (QED) is 0.580. The van der Waals surface area contributed by atoms with E-state index in [1.165, 1.54) is 38.5 Å². The van der Waals surface area contributed by atoms with Crippen molar-refractivity contribution < 1.29 is 4.74 Å². The van der Waals surface area contributed by atoms with Crippen molar-refractivity contribution in [2.75, 3.05) is 19.0 Å². The van der Waals surface area contributed by atoms with Gasteiger partial charge in [-0.25, -0.2) is 0 Å². The SMILES string of the molecule is ClCCCNCC1CCC2(CCCC2)O1. The molecule has 1 aliphatic carbocycles. The molecule has 0 amide bonds. The Morgan fingerprint density at radius 1 is 1.27 bits per heavy atom. The van der Waals surface area contributed by atoms with E-state index in [1.807, 2.05) is 0 Å². The maximum absolute atomic E-state index is 6.19. The van der Waals surface area contributed by atoms with Crippen LogP contribution in [0.15, 0.2) is 0 Å². The summed E-state index contributed by atoms with van der Waals surface area (Å²) >= 11 is 5.62. The van der Waals surface area contributed by atoms with Crippen LogP contribution in [0.3, 0.4) is 0 Å². The second-order valence-corrected chi connectivity index (χ2v) is 5.29. The van der Waals surface area contributed by atoms with Crippen LogP contribution in [0.4, 0.5) is 0 Å². The average molecular weight is 232 g/mol. The third-order valence-corrected chi connectivity index (χ3v) is 3.98. The van der Waals surface area contributed by atoms with Gasteiger partial charge in [-0.2, -0.15) is 0 Å². The van der Waals surface area contributed by atoms with E-state index < -0.39 is 0 Å². The fraction of sp³-hybridized carbons (Fsp3) is 1.00. The lowest BCUT2D eigenvalue weighted by atomic mass is 9.98. The van der Waals surface area contributed by atoms with Gasteiger partial charge in [0.15, 0.2) is 0 Å². The Hall–Kier alpha value is 0.210. The first-order valence-corrected chi connectivity index (χ1v) is 6.83. The van der Waals surface area contributed by atoms with Gasteiger partial charge >= 0.3 is 0 Å². The molecule has 0 radical (unpaired) electrons. The molecule has 88 valence electrons. The molecule has 2 aliphatic rings. The van der Waals surface area contributed by atoms with Crippen molar-refractivity contribution in [3.05, 3.63) is 0 Å². The summed E-state index contributed by atoms with van der Waals surface area (Å²) in [4.78, 5) is 0. The summed E-state index contributed by atoms with van der Waals surface area (Å²) in [6.07, 6.45) is 9.37. The molecule has 2 rings (SSSR count). The van der Waals surface area contributed by atoms with Crippen LogP contribution in [0.2, 0.25) is 0 Å². The highest BCUT2D eigenvalue weighted by molar-refractivity contribution is 6.17. The minimum absolute atomic E-state index is 0.291. The molecular weight excluding hydrogens is 210 g/mol. The standard InChI is InChI=1S/C12H22ClNO/c13-8-3-9-14-10-11-4-7-12(15-11)5-1-2-6-12/h11,14H,1-10H2. The highest BCUT2D eigenvalue weighted by Crippen LogP contribution is 2.42. The van der Waals surface area contributed by atoms with E-state index in [4.69, 9.17) is 16.3 Å². The normalized spacial score (nSPS) is 29.0. The zero-order valence-electron chi connectivity index (χ0n) is 9.43. The van der Waals surface area contributed by atoms with E-state index >= 15 is 0 Å². The van der Waals surface area contributed by atoms with Gasteiger partial charge in [0.2, 0.25) is 0 Å². The summed E-state index contributed by atoms with van der Waals surface area (Å²) in [5, 5.41) is 3.43. The van der Waals surface area contributed by atoms with Crippen LogP contribution in [0.5, 0.6) is 0 Å². The molecular formula is C12H22ClNO. The Kier molecular flexibility index (Phi) is 4.30. The molecule has 1 heterocycles. The Morgan fingerprint density at radius 3 is 2.80 bits per heavy atom. The minimum atomic E-state index is 0.291. The van der Waals surface area contributed by atoms with E-state index in [-0.39, 0.29) is 0 Å². The van der Waals surface area contributed by atoms with Crippen molar-refractivity contribution in [2.24, 2.45) is 0 Å². The van der Waals surface area contributed by atoms with Crippen LogP contribution in [-0.2, 0) is 4.74 Å². The molecule has 3 heteroatoms. The molecule has 2 nitrogen and oxygen atoms in total. The van der Waals surface area contributed by atoms with Crippen LogP contribution in [-0.4, -0.2) is 30.7 Å². The second-order valence-electron chi connectivity index (χ2n) is 4.92. The minimum Gasteiger partial charge on any atom is -0.370 e. The summed E-state index contributed by atoms with van der Waals surface area (Å²) in [7, 11) is 0. The van der Waals surface area contributed by atoms with Crippen molar-refractivity contribution >= 4 is 11.6 Å². The van der Waals surface area contributed by atoms with Crippen LogP contribution in [0, 0.1) is 0 Å². The fourth-order valence-corrected chi connectivity index (χ4v) is 3.01. The van der Waals surface area contributed by atoms with Gasteiger partial charge in [-0.1, -0.05) is 12.8 Å². The van der Waals surface area contributed by atoms with Gasteiger partial charge in [0, 0.05) is 12.4 Å². The van der Waals surface area contributed by atoms with E-state index in [1.54, 1.807) is 0 Å². The number of rotatable bonds is 5. The summed E-state index contributed by atoms with van der Waals surface area (Å²) < 4.78 is 6.19. The predicted octanol–water partition coefficient (Wildman–Crippen LogP) is 2.70. The zero-order valence-corrected chi connectivity index (χ0v) is 10.2. The monoisotopic (exact) mass is 231 g/mol. The predicted molar refractivity (Wildman–Crippen MR) is 63.5 cm³/mol. The fourth-order valence-electron chi connectivity index (χ4n) is 2.88. The molecule has 1 saturated heterocycles. The molecule has 15 heavy (non-hydrogen) atoms. The number of hydrogen-bond acceptors (Lipinski definition) is 2. The van der Waals surface area contributed by atoms with E-state index in [2.05, 4.69) is 5.32 Å². The van der Waals surface area contributed by atoms with Crippen LogP contribution in [0.25, 0.3) is 0 Å². The molecule has 1 spiro atoms. The van der Waals surface area contributed by atoms with E-state index in [0.29, 0.717) is 11.7 Å². The molecule has 0 aromatic carbocycles. The molecule has 1 saturated carbocycles. The molecule has 0 aromatic heterocycles. The van der Waals surface area contributed by atoms with Crippen LogP contribution < -0.4 is 5.32 Å². The molecule has 1 N–H and O–H groups in total. The summed E-state index contributed by atoms with van der Waals surface area (Å²) in [6, 6.07) is 0. The van der Waals surface area contributed by atoms with Gasteiger partial charge in [-0.15, -0.1) is 11.6 Å². The van der Waals surface area contributed by atoms with Gasteiger partial charge in [0.25, 0.3) is 0 Å². The van der Waals surface area contributed by atoms with Crippen molar-refractivity contribution in [1.82, 2.24) is 5.32 Å². The smallest absolute Gasteiger partial charge is 0.0708 e. The molecule has 1 unspecified atom stereocenters. The first-order valence-electron chi connectivity index (χ1n) is 6.29. The number of nitrogens with one attached hydrogen (secondary N) is 1. The summed E-state index contributed by atoms with van der Waals surface area (Å²) in [6.45, 7) is 2.04.